The van der Waals surface area contributed by atoms with Crippen LogP contribution in [0.15, 0.2) is 43.2 Å². The summed E-state index contributed by atoms with van der Waals surface area (Å²) in [5.41, 5.74) is 7.54. The van der Waals surface area contributed by atoms with Crippen molar-refractivity contribution >= 4 is 23.9 Å². The van der Waals surface area contributed by atoms with E-state index in [9.17, 15) is 23.2 Å². The first-order valence-corrected chi connectivity index (χ1v) is 13.6. The van der Waals surface area contributed by atoms with Crippen LogP contribution < -0.4 is 16.4 Å². The molecule has 0 radical (unpaired) electrons. The number of Topliss-reactive ketones (excluding diaryl/α,β-unsaturated/α-hetero) is 1. The monoisotopic (exact) mass is 573 g/mol. The van der Waals surface area contributed by atoms with Gasteiger partial charge in [-0.1, -0.05) is 78.3 Å². The van der Waals surface area contributed by atoms with Crippen molar-refractivity contribution in [3.05, 3.63) is 54.3 Å². The quantitative estimate of drug-likeness (QED) is 0.231. The number of nitrogens with two attached hydrogens (primary N) is 1. The van der Waals surface area contributed by atoms with E-state index >= 15 is 0 Å². The zero-order chi connectivity index (χ0) is 32.5. The Bertz CT molecular complexity index is 765. The number of hydrogen-bond acceptors (Lipinski definition) is 5. The highest BCUT2D eigenvalue weighted by molar-refractivity contribution is 5.83. The molecule has 2 amide bonds. The Kier molecular flexibility index (Phi) is 42.0. The van der Waals surface area contributed by atoms with Gasteiger partial charge in [-0.2, -0.15) is 0 Å². The minimum Gasteiger partial charge on any atom is -0.463 e. The van der Waals surface area contributed by atoms with Gasteiger partial charge in [0.05, 0.1) is 20.1 Å². The van der Waals surface area contributed by atoms with Crippen molar-refractivity contribution in [2.45, 2.75) is 93.2 Å². The van der Waals surface area contributed by atoms with Gasteiger partial charge in [0.25, 0.3) is 0 Å². The maximum Gasteiger partial charge on any atom is 0.242 e. The highest BCUT2D eigenvalue weighted by atomic mass is 19.1. The Labute approximate surface area is 243 Å². The second-order valence-corrected chi connectivity index (χ2v) is 7.81. The third-order valence-electron chi connectivity index (χ3n) is 4.68. The molecule has 234 valence electrons. The van der Waals surface area contributed by atoms with Gasteiger partial charge in [0.2, 0.25) is 12.3 Å². The van der Waals surface area contributed by atoms with Crippen LogP contribution in [-0.2, 0) is 25.7 Å². The largest absolute Gasteiger partial charge is 0.463 e. The summed E-state index contributed by atoms with van der Waals surface area (Å²) in [4.78, 5) is 31.3. The predicted molar refractivity (Wildman–Crippen MR) is 166 cm³/mol. The molecule has 0 aliphatic heterocycles. The van der Waals surface area contributed by atoms with Crippen LogP contribution in [0.1, 0.15) is 91.7 Å². The zero-order valence-corrected chi connectivity index (χ0v) is 26.7. The number of rotatable bonds is 8. The summed E-state index contributed by atoms with van der Waals surface area (Å²) >= 11 is 0. The Hall–Kier alpha value is -3.07. The Morgan fingerprint density at radius 3 is 1.88 bits per heavy atom. The van der Waals surface area contributed by atoms with Crippen molar-refractivity contribution in [3.63, 3.8) is 0 Å². The smallest absolute Gasteiger partial charge is 0.242 e. The van der Waals surface area contributed by atoms with Gasteiger partial charge in [-0.15, -0.1) is 0 Å². The average molecular weight is 574 g/mol. The number of nitrogens with one attached hydrogen (secondary N) is 2. The number of halogens is 2. The molecule has 1 aliphatic rings. The summed E-state index contributed by atoms with van der Waals surface area (Å²) in [6.45, 7) is 20.8. The van der Waals surface area contributed by atoms with E-state index < -0.39 is 0 Å². The number of benzene rings is 1. The van der Waals surface area contributed by atoms with Crippen molar-refractivity contribution in [3.8, 4) is 0 Å². The molecule has 1 saturated carbocycles. The molecule has 7 nitrogen and oxygen atoms in total. The van der Waals surface area contributed by atoms with Gasteiger partial charge in [0.1, 0.15) is 17.6 Å². The highest BCUT2D eigenvalue weighted by Gasteiger charge is 2.28. The number of allylic oxidation sites excluding steroid dienone is 1. The first-order valence-electron chi connectivity index (χ1n) is 13.6. The lowest BCUT2D eigenvalue weighted by Gasteiger charge is -2.28. The Morgan fingerprint density at radius 1 is 1.02 bits per heavy atom. The molecule has 4 N–H and O–H groups in total. The van der Waals surface area contributed by atoms with E-state index in [1.54, 1.807) is 14.0 Å². The lowest BCUT2D eigenvalue weighted by Crippen LogP contribution is -2.47. The van der Waals surface area contributed by atoms with Crippen molar-refractivity contribution in [2.24, 2.45) is 11.7 Å². The second kappa shape index (κ2) is 35.9. The summed E-state index contributed by atoms with van der Waals surface area (Å²) in [5.74, 6) is 1.64. The number of hydrogen-bond donors (Lipinski definition) is 3. The first-order chi connectivity index (χ1) is 19.2. The predicted octanol–water partition coefficient (Wildman–Crippen LogP) is 6.91. The average Bonchev–Trinajstić information content (AvgIpc) is 3.00. The third-order valence-corrected chi connectivity index (χ3v) is 4.68. The van der Waals surface area contributed by atoms with Crippen LogP contribution >= 0.6 is 0 Å². The zero-order valence-electron chi connectivity index (χ0n) is 26.7. The van der Waals surface area contributed by atoms with E-state index in [1.807, 2.05) is 52.0 Å². The number of carbonyl (C=O) groups excluding carboxylic acids is 3. The molecule has 0 spiro atoms. The van der Waals surface area contributed by atoms with Crippen molar-refractivity contribution in [1.29, 1.82) is 0 Å². The maximum absolute atomic E-state index is 11.5. The van der Waals surface area contributed by atoms with Crippen LogP contribution in [0.2, 0.25) is 0 Å². The lowest BCUT2D eigenvalue weighted by molar-refractivity contribution is -0.126. The Balaban J connectivity index is -0.000000148. The number of amides is 2. The fraction of sp³-hybridized carbons (Fsp3) is 0.581. The molecule has 0 aromatic heterocycles. The lowest BCUT2D eigenvalue weighted by atomic mass is 9.83. The summed E-state index contributed by atoms with van der Waals surface area (Å²) in [6.07, 6.45) is 6.28. The molecule has 40 heavy (non-hydrogen) atoms. The SMILES string of the molecule is C=C(C)OC(=C)c1cccc(CN)c1.CC.CC.CC(C)=O.CF.CF.CNC(=O)C(NC=O)C1CCCCC1. The van der Waals surface area contributed by atoms with E-state index in [0.29, 0.717) is 44.7 Å². The van der Waals surface area contributed by atoms with Crippen LogP contribution in [0.3, 0.4) is 0 Å². The van der Waals surface area contributed by atoms with Crippen LogP contribution in [0.4, 0.5) is 8.78 Å². The van der Waals surface area contributed by atoms with Crippen LogP contribution in [0.5, 0.6) is 0 Å². The number of likely N-dealkylation sites (N-methyl/N-ethyl adjacent to an activating group) is 1. The Morgan fingerprint density at radius 2 is 1.50 bits per heavy atom. The summed E-state index contributed by atoms with van der Waals surface area (Å²) in [5, 5.41) is 5.20. The molecule has 2 rings (SSSR count). The molecule has 9 heteroatoms. The highest BCUT2D eigenvalue weighted by Crippen LogP contribution is 2.26. The number of ketones is 1. The van der Waals surface area contributed by atoms with E-state index in [2.05, 4.69) is 23.8 Å². The van der Waals surface area contributed by atoms with E-state index in [-0.39, 0.29) is 17.7 Å². The van der Waals surface area contributed by atoms with Crippen LogP contribution in [0, 0.1) is 5.92 Å². The first kappa shape index (κ1) is 46.8. The van der Waals surface area contributed by atoms with Gasteiger partial charge in [-0.25, -0.2) is 0 Å². The van der Waals surface area contributed by atoms with E-state index in [1.165, 1.54) is 33.1 Å². The second-order valence-electron chi connectivity index (χ2n) is 7.81. The van der Waals surface area contributed by atoms with Gasteiger partial charge in [-0.05, 0) is 51.2 Å². The molecular weight excluding hydrogens is 516 g/mol. The van der Waals surface area contributed by atoms with E-state index in [4.69, 9.17) is 10.5 Å². The fourth-order valence-electron chi connectivity index (χ4n) is 3.26. The van der Waals surface area contributed by atoms with Gasteiger partial charge in [0, 0.05) is 19.2 Å². The third kappa shape index (κ3) is 28.0. The minimum atomic E-state index is -0.335. The molecule has 0 heterocycles. The molecule has 1 aliphatic carbocycles. The molecule has 1 aromatic carbocycles. The normalized spacial score (nSPS) is 11.5. The summed E-state index contributed by atoms with van der Waals surface area (Å²) in [6, 6.07) is 7.47. The molecule has 0 saturated heterocycles. The van der Waals surface area contributed by atoms with E-state index in [0.717, 1.165) is 24.0 Å². The van der Waals surface area contributed by atoms with Crippen molar-refractivity contribution < 1.29 is 27.9 Å². The topological polar surface area (TPSA) is 111 Å². The number of ether oxygens (including phenoxy) is 1. The van der Waals surface area contributed by atoms with Crippen LogP contribution in [0.25, 0.3) is 5.76 Å². The minimum absolute atomic E-state index is 0.0796. The van der Waals surface area contributed by atoms with Gasteiger partial charge < -0.3 is 25.9 Å². The molecule has 0 bridgehead atoms. The standard InChI is InChI=1S/C12H15NO.C10H18N2O2.C3H6O.2C2H6.2CH3F/c1-9(2)14-10(3)12-6-4-5-11(7-12)8-13;1-11-10(14)9(12-7-13)8-5-3-2-4-6-8;1-3(2)4;4*1-2/h4-7H,1,3,8,13H2,2H3;7-9H,2-6H2,1H3,(H,11,14)(H,12,13);1-2H3;2*1-2H3;2*1H3. The van der Waals surface area contributed by atoms with Crippen molar-refractivity contribution in [1.82, 2.24) is 10.6 Å². The fourth-order valence-corrected chi connectivity index (χ4v) is 3.26. The molecule has 1 fully saturated rings. The summed E-state index contributed by atoms with van der Waals surface area (Å²) < 4.78 is 24.3. The van der Waals surface area contributed by atoms with Crippen LogP contribution in [-0.4, -0.2) is 45.5 Å². The van der Waals surface area contributed by atoms with Crippen molar-refractivity contribution in [2.75, 3.05) is 21.4 Å². The molecule has 1 atom stereocenters. The molecule has 1 aromatic rings. The maximum atomic E-state index is 11.5. The van der Waals surface area contributed by atoms with Gasteiger partial charge in [0.15, 0.2) is 0 Å². The molecule has 1 unspecified atom stereocenters. The number of carbonyl (C=O) groups is 3. The summed E-state index contributed by atoms with van der Waals surface area (Å²) in [7, 11) is 2.60. The molecular formula is C31H57F2N3O4. The van der Waals surface area contributed by atoms with Gasteiger partial charge >= 0.3 is 0 Å². The number of alkyl halides is 2. The van der Waals surface area contributed by atoms with Gasteiger partial charge in [-0.3, -0.25) is 18.4 Å².